The first-order valence-corrected chi connectivity index (χ1v) is 15.2. The van der Waals surface area contributed by atoms with Gasteiger partial charge in [-0.15, -0.1) is 0 Å². The molecule has 1 fully saturated rings. The molecule has 0 aromatic heterocycles. The molecule has 0 spiro atoms. The topological polar surface area (TPSA) is 96.0 Å². The van der Waals surface area contributed by atoms with Gasteiger partial charge in [0.2, 0.25) is 21.8 Å². The molecule has 0 bridgehead atoms. The van der Waals surface area contributed by atoms with E-state index in [4.69, 9.17) is 4.74 Å². The number of amides is 2. The molecule has 1 aliphatic carbocycles. The summed E-state index contributed by atoms with van der Waals surface area (Å²) in [7, 11) is -2.20. The summed E-state index contributed by atoms with van der Waals surface area (Å²) in [4.78, 5) is 28.9. The van der Waals surface area contributed by atoms with E-state index < -0.39 is 28.5 Å². The Kier molecular flexibility index (Phi) is 10.2. The maximum Gasteiger partial charge on any atom is 0.244 e. The molecule has 1 aliphatic rings. The van der Waals surface area contributed by atoms with Crippen LogP contribution in [0, 0.1) is 13.8 Å². The molecule has 1 saturated carbocycles. The summed E-state index contributed by atoms with van der Waals surface area (Å²) in [5.41, 5.74) is 3.01. The SMILES string of the molecule is CC[C@@H](C(=O)NC1CCCCC1)N(Cc1cccc(OC)c1)C(=O)CN(c1cc(C)cc(C)c1)S(C)(=O)=O. The van der Waals surface area contributed by atoms with Crippen molar-refractivity contribution in [3.8, 4) is 5.75 Å². The molecule has 3 rings (SSSR count). The number of sulfonamides is 1. The number of ether oxygens (including phenoxy) is 1. The predicted molar refractivity (Wildman–Crippen MR) is 151 cm³/mol. The number of nitrogens with zero attached hydrogens (tertiary/aromatic N) is 2. The molecule has 0 aliphatic heterocycles. The first kappa shape index (κ1) is 29.5. The summed E-state index contributed by atoms with van der Waals surface area (Å²) >= 11 is 0. The Balaban J connectivity index is 1.95. The normalized spacial score (nSPS) is 15.0. The van der Waals surface area contributed by atoms with Gasteiger partial charge in [0.15, 0.2) is 0 Å². The first-order chi connectivity index (χ1) is 18.0. The molecule has 38 heavy (non-hydrogen) atoms. The van der Waals surface area contributed by atoms with E-state index in [1.807, 2.05) is 51.1 Å². The van der Waals surface area contributed by atoms with Crippen molar-refractivity contribution in [3.63, 3.8) is 0 Å². The number of benzene rings is 2. The fourth-order valence-corrected chi connectivity index (χ4v) is 5.97. The third-order valence-corrected chi connectivity index (χ3v) is 8.14. The largest absolute Gasteiger partial charge is 0.497 e. The van der Waals surface area contributed by atoms with Gasteiger partial charge < -0.3 is 15.0 Å². The molecule has 0 heterocycles. The number of rotatable bonds is 11. The summed E-state index contributed by atoms with van der Waals surface area (Å²) in [5, 5.41) is 3.15. The van der Waals surface area contributed by atoms with Gasteiger partial charge >= 0.3 is 0 Å². The predicted octanol–water partition coefficient (Wildman–Crippen LogP) is 4.33. The van der Waals surface area contributed by atoms with Gasteiger partial charge in [-0.1, -0.05) is 44.4 Å². The molecule has 1 atom stereocenters. The van der Waals surface area contributed by atoms with Crippen LogP contribution in [0.2, 0.25) is 0 Å². The van der Waals surface area contributed by atoms with Crippen LogP contribution in [0.25, 0.3) is 0 Å². The minimum Gasteiger partial charge on any atom is -0.497 e. The highest BCUT2D eigenvalue weighted by atomic mass is 32.2. The fourth-order valence-electron chi connectivity index (χ4n) is 5.14. The van der Waals surface area contributed by atoms with Crippen molar-refractivity contribution >= 4 is 27.5 Å². The van der Waals surface area contributed by atoms with Crippen LogP contribution in [0.5, 0.6) is 5.75 Å². The molecule has 208 valence electrons. The van der Waals surface area contributed by atoms with Gasteiger partial charge in [-0.2, -0.15) is 0 Å². The van der Waals surface area contributed by atoms with Crippen LogP contribution >= 0.6 is 0 Å². The standard InChI is InChI=1S/C29H41N3O5S/c1-6-27(29(34)30-24-12-8-7-9-13-24)31(19-23-11-10-14-26(18-23)37-4)28(33)20-32(38(5,35)36)25-16-21(2)15-22(3)17-25/h10-11,14-18,24,27H,6-9,12-13,19-20H2,1-5H3,(H,30,34)/t27-/m0/s1. The van der Waals surface area contributed by atoms with Gasteiger partial charge in [0.25, 0.3) is 0 Å². The zero-order valence-electron chi connectivity index (χ0n) is 23.2. The summed E-state index contributed by atoms with van der Waals surface area (Å²) in [6, 6.07) is 12.1. The van der Waals surface area contributed by atoms with Crippen LogP contribution in [0.4, 0.5) is 5.69 Å². The van der Waals surface area contributed by atoms with E-state index in [-0.39, 0.29) is 18.5 Å². The van der Waals surface area contributed by atoms with E-state index in [1.54, 1.807) is 19.2 Å². The quantitative estimate of drug-likeness (QED) is 0.455. The van der Waals surface area contributed by atoms with Crippen molar-refractivity contribution in [3.05, 3.63) is 59.2 Å². The Morgan fingerprint density at radius 2 is 1.71 bits per heavy atom. The molecule has 8 nitrogen and oxygen atoms in total. The van der Waals surface area contributed by atoms with Crippen LogP contribution in [-0.4, -0.2) is 57.1 Å². The number of anilines is 1. The highest BCUT2D eigenvalue weighted by molar-refractivity contribution is 7.92. The van der Waals surface area contributed by atoms with Gasteiger partial charge in [0, 0.05) is 12.6 Å². The lowest BCUT2D eigenvalue weighted by Gasteiger charge is -2.34. The first-order valence-electron chi connectivity index (χ1n) is 13.3. The van der Waals surface area contributed by atoms with Crippen molar-refractivity contribution in [2.45, 2.75) is 77.9 Å². The number of carbonyl (C=O) groups excluding carboxylic acids is 2. The number of methoxy groups -OCH3 is 1. The van der Waals surface area contributed by atoms with Gasteiger partial charge in [0.05, 0.1) is 19.1 Å². The van der Waals surface area contributed by atoms with E-state index in [2.05, 4.69) is 5.32 Å². The van der Waals surface area contributed by atoms with Gasteiger partial charge in [-0.3, -0.25) is 13.9 Å². The van der Waals surface area contributed by atoms with Crippen LogP contribution in [-0.2, 0) is 26.2 Å². The Hall–Kier alpha value is -3.07. The smallest absolute Gasteiger partial charge is 0.244 e. The lowest BCUT2D eigenvalue weighted by atomic mass is 9.95. The van der Waals surface area contributed by atoms with Crippen molar-refractivity contribution in [1.82, 2.24) is 10.2 Å². The molecule has 1 N–H and O–H groups in total. The van der Waals surface area contributed by atoms with Gasteiger partial charge in [0.1, 0.15) is 18.3 Å². The second kappa shape index (κ2) is 13.1. The number of aryl methyl sites for hydroxylation is 2. The Labute approximate surface area is 227 Å². The monoisotopic (exact) mass is 543 g/mol. The minimum atomic E-state index is -3.77. The van der Waals surface area contributed by atoms with Crippen molar-refractivity contribution in [2.24, 2.45) is 0 Å². The fraction of sp³-hybridized carbons (Fsp3) is 0.517. The molecule has 2 aromatic carbocycles. The van der Waals surface area contributed by atoms with Gasteiger partial charge in [-0.25, -0.2) is 8.42 Å². The third-order valence-electron chi connectivity index (χ3n) is 7.00. The minimum absolute atomic E-state index is 0.0989. The maximum absolute atomic E-state index is 13.9. The lowest BCUT2D eigenvalue weighted by Crippen LogP contribution is -2.53. The highest BCUT2D eigenvalue weighted by Gasteiger charge is 2.33. The van der Waals surface area contributed by atoms with Crippen LogP contribution in [0.15, 0.2) is 42.5 Å². The number of hydrogen-bond donors (Lipinski definition) is 1. The number of hydrogen-bond acceptors (Lipinski definition) is 5. The highest BCUT2D eigenvalue weighted by Crippen LogP contribution is 2.24. The third kappa shape index (κ3) is 7.96. The van der Waals surface area contributed by atoms with Crippen LogP contribution in [0.3, 0.4) is 0 Å². The number of carbonyl (C=O) groups is 2. The summed E-state index contributed by atoms with van der Waals surface area (Å²) < 4.78 is 32.2. The van der Waals surface area contributed by atoms with Crippen molar-refractivity contribution in [2.75, 3.05) is 24.2 Å². The molecule has 2 aromatic rings. The molecule has 2 amide bonds. The molecule has 0 radical (unpaired) electrons. The lowest BCUT2D eigenvalue weighted by molar-refractivity contribution is -0.140. The number of nitrogens with one attached hydrogen (secondary N) is 1. The van der Waals surface area contributed by atoms with Crippen molar-refractivity contribution < 1.29 is 22.7 Å². The zero-order chi connectivity index (χ0) is 27.9. The molecular weight excluding hydrogens is 502 g/mol. The van der Waals surface area contributed by atoms with Crippen LogP contribution < -0.4 is 14.4 Å². The summed E-state index contributed by atoms with van der Waals surface area (Å²) in [6.07, 6.45) is 6.68. The second-order valence-corrected chi connectivity index (χ2v) is 12.2. The summed E-state index contributed by atoms with van der Waals surface area (Å²) in [5.74, 6) is -0.00129. The molecule has 0 unspecified atom stereocenters. The average molecular weight is 544 g/mol. The van der Waals surface area contributed by atoms with E-state index in [9.17, 15) is 18.0 Å². The molecular formula is C29H41N3O5S. The van der Waals surface area contributed by atoms with Crippen LogP contribution in [0.1, 0.15) is 62.1 Å². The second-order valence-electron chi connectivity index (χ2n) is 10.3. The maximum atomic E-state index is 13.9. The zero-order valence-corrected chi connectivity index (χ0v) is 24.0. The van der Waals surface area contributed by atoms with Crippen molar-refractivity contribution in [1.29, 1.82) is 0 Å². The Morgan fingerprint density at radius 3 is 2.29 bits per heavy atom. The van der Waals surface area contributed by atoms with Gasteiger partial charge in [-0.05, 0) is 74.1 Å². The molecule has 0 saturated heterocycles. The van der Waals surface area contributed by atoms with E-state index in [0.717, 1.165) is 52.9 Å². The summed E-state index contributed by atoms with van der Waals surface area (Å²) in [6.45, 7) is 5.39. The van der Waals surface area contributed by atoms with E-state index >= 15 is 0 Å². The Morgan fingerprint density at radius 1 is 1.05 bits per heavy atom. The van der Waals surface area contributed by atoms with E-state index in [1.165, 1.54) is 11.3 Å². The molecule has 9 heteroatoms. The Bertz CT molecular complexity index is 1200. The van der Waals surface area contributed by atoms with E-state index in [0.29, 0.717) is 17.9 Å². The average Bonchev–Trinajstić information content (AvgIpc) is 2.86.